The molecular weight excluding hydrogens is 378 g/mol. The molecule has 0 fully saturated rings. The predicted octanol–water partition coefficient (Wildman–Crippen LogP) is 4.32. The number of rotatable bonds is 10. The minimum atomic E-state index is -0.672. The number of amides is 2. The van der Waals surface area contributed by atoms with Crippen LogP contribution in [0.3, 0.4) is 0 Å². The molecule has 0 unspecified atom stereocenters. The summed E-state index contributed by atoms with van der Waals surface area (Å²) in [5.41, 5.74) is 2.23. The van der Waals surface area contributed by atoms with E-state index in [0.717, 1.165) is 18.8 Å². The third-order valence-corrected chi connectivity index (χ3v) is 4.93. The zero-order valence-corrected chi connectivity index (χ0v) is 18.6. The Morgan fingerprint density at radius 1 is 0.967 bits per heavy atom. The van der Waals surface area contributed by atoms with Crippen LogP contribution in [0.4, 0.5) is 11.4 Å². The van der Waals surface area contributed by atoms with Gasteiger partial charge in [-0.25, -0.2) is 0 Å². The molecule has 2 aromatic rings. The maximum absolute atomic E-state index is 12.9. The van der Waals surface area contributed by atoms with E-state index in [0.29, 0.717) is 23.6 Å². The largest absolute Gasteiger partial charge is 0.493 e. The van der Waals surface area contributed by atoms with Crippen molar-refractivity contribution in [3.63, 3.8) is 0 Å². The molecule has 162 valence electrons. The molecule has 6 heteroatoms. The van der Waals surface area contributed by atoms with Gasteiger partial charge in [0.15, 0.2) is 0 Å². The van der Waals surface area contributed by atoms with Gasteiger partial charge in [0, 0.05) is 24.5 Å². The minimum absolute atomic E-state index is 0.0804. The first kappa shape index (κ1) is 23.3. The van der Waals surface area contributed by atoms with Gasteiger partial charge in [0.25, 0.3) is 5.91 Å². The number of hydrogen-bond donors (Lipinski definition) is 2. The number of anilines is 2. The van der Waals surface area contributed by atoms with E-state index in [9.17, 15) is 9.59 Å². The van der Waals surface area contributed by atoms with Crippen LogP contribution in [-0.2, 0) is 4.79 Å². The molecule has 0 bridgehead atoms. The summed E-state index contributed by atoms with van der Waals surface area (Å²) in [6.45, 7) is 12.2. The Hall–Kier alpha value is -3.02. The highest BCUT2D eigenvalue weighted by molar-refractivity contribution is 6.02. The van der Waals surface area contributed by atoms with Gasteiger partial charge in [-0.2, -0.15) is 0 Å². The van der Waals surface area contributed by atoms with Gasteiger partial charge in [0.05, 0.1) is 12.2 Å². The maximum atomic E-state index is 12.9. The Balaban J connectivity index is 2.11. The molecule has 2 aromatic carbocycles. The summed E-state index contributed by atoms with van der Waals surface area (Å²) >= 11 is 0. The third-order valence-electron chi connectivity index (χ3n) is 4.93. The smallest absolute Gasteiger partial charge is 0.255 e. The third kappa shape index (κ3) is 5.99. The quantitative estimate of drug-likeness (QED) is 0.611. The van der Waals surface area contributed by atoms with E-state index in [1.165, 1.54) is 0 Å². The Morgan fingerprint density at radius 2 is 1.60 bits per heavy atom. The average molecular weight is 412 g/mol. The van der Waals surface area contributed by atoms with E-state index in [-0.39, 0.29) is 17.7 Å². The van der Waals surface area contributed by atoms with E-state index < -0.39 is 6.04 Å². The number of para-hydroxylation sites is 1. The van der Waals surface area contributed by atoms with Crippen molar-refractivity contribution in [2.75, 3.05) is 29.9 Å². The van der Waals surface area contributed by atoms with Crippen LogP contribution in [0.15, 0.2) is 48.5 Å². The van der Waals surface area contributed by atoms with Gasteiger partial charge in [-0.15, -0.1) is 0 Å². The first-order valence-corrected chi connectivity index (χ1v) is 10.6. The van der Waals surface area contributed by atoms with Crippen molar-refractivity contribution in [2.45, 2.75) is 40.7 Å². The van der Waals surface area contributed by atoms with Crippen LogP contribution in [0.2, 0.25) is 0 Å². The number of hydrogen-bond acceptors (Lipinski definition) is 4. The number of carbonyl (C=O) groups excluding carboxylic acids is 2. The summed E-state index contributed by atoms with van der Waals surface area (Å²) in [5, 5.41) is 5.78. The van der Waals surface area contributed by atoms with Gasteiger partial charge in [-0.05, 0) is 63.1 Å². The van der Waals surface area contributed by atoms with E-state index in [1.54, 1.807) is 18.2 Å². The summed E-state index contributed by atoms with van der Waals surface area (Å²) in [4.78, 5) is 28.0. The molecule has 6 nitrogen and oxygen atoms in total. The summed E-state index contributed by atoms with van der Waals surface area (Å²) < 4.78 is 5.54. The molecule has 2 amide bonds. The first-order valence-electron chi connectivity index (χ1n) is 10.6. The lowest BCUT2D eigenvalue weighted by Crippen LogP contribution is -2.47. The van der Waals surface area contributed by atoms with Crippen LogP contribution in [0.25, 0.3) is 0 Å². The fraction of sp³-hybridized carbons (Fsp3) is 0.417. The molecule has 0 spiro atoms. The van der Waals surface area contributed by atoms with Gasteiger partial charge in [-0.1, -0.05) is 26.0 Å². The number of benzene rings is 2. The molecule has 0 radical (unpaired) electrons. The minimum Gasteiger partial charge on any atom is -0.493 e. The lowest BCUT2D eigenvalue weighted by atomic mass is 10.0. The van der Waals surface area contributed by atoms with Crippen LogP contribution in [0.5, 0.6) is 5.75 Å². The van der Waals surface area contributed by atoms with E-state index in [4.69, 9.17) is 4.74 Å². The predicted molar refractivity (Wildman–Crippen MR) is 122 cm³/mol. The molecule has 30 heavy (non-hydrogen) atoms. The van der Waals surface area contributed by atoms with E-state index >= 15 is 0 Å². The fourth-order valence-electron chi connectivity index (χ4n) is 3.25. The highest BCUT2D eigenvalue weighted by atomic mass is 16.5. The second-order valence-electron chi connectivity index (χ2n) is 7.33. The second kappa shape index (κ2) is 11.2. The molecule has 0 saturated heterocycles. The Labute approximate surface area is 179 Å². The summed E-state index contributed by atoms with van der Waals surface area (Å²) in [7, 11) is 0. The van der Waals surface area contributed by atoms with Gasteiger partial charge in [0.1, 0.15) is 11.8 Å². The molecule has 0 heterocycles. The number of nitrogens with one attached hydrogen (secondary N) is 2. The van der Waals surface area contributed by atoms with Crippen LogP contribution < -0.4 is 20.3 Å². The molecule has 1 atom stereocenters. The summed E-state index contributed by atoms with van der Waals surface area (Å²) in [6.07, 6.45) is 0. The van der Waals surface area contributed by atoms with Gasteiger partial charge >= 0.3 is 0 Å². The molecule has 0 aliphatic rings. The van der Waals surface area contributed by atoms with Crippen molar-refractivity contribution in [1.29, 1.82) is 0 Å². The van der Waals surface area contributed by atoms with Crippen LogP contribution >= 0.6 is 0 Å². The SMILES string of the molecule is CCOc1ccccc1C(=O)N[C@H](C(=O)Nc1ccc(N(CC)CC)cc1)C(C)C. The maximum Gasteiger partial charge on any atom is 0.255 e. The summed E-state index contributed by atoms with van der Waals surface area (Å²) in [5.74, 6) is -0.150. The molecular formula is C24H33N3O3. The highest BCUT2D eigenvalue weighted by Crippen LogP contribution is 2.20. The average Bonchev–Trinajstić information content (AvgIpc) is 2.74. The molecule has 0 aliphatic heterocycles. The zero-order valence-electron chi connectivity index (χ0n) is 18.6. The molecule has 0 aliphatic carbocycles. The summed E-state index contributed by atoms with van der Waals surface area (Å²) in [6, 6.07) is 14.1. The topological polar surface area (TPSA) is 70.7 Å². The van der Waals surface area contributed by atoms with Crippen LogP contribution in [0.1, 0.15) is 45.0 Å². The number of carbonyl (C=O) groups is 2. The van der Waals surface area contributed by atoms with Gasteiger partial charge < -0.3 is 20.3 Å². The fourth-order valence-corrected chi connectivity index (χ4v) is 3.25. The van der Waals surface area contributed by atoms with Gasteiger partial charge in [-0.3, -0.25) is 9.59 Å². The molecule has 0 aromatic heterocycles. The normalized spacial score (nSPS) is 11.7. The van der Waals surface area contributed by atoms with Crippen molar-refractivity contribution >= 4 is 23.2 Å². The lowest BCUT2D eigenvalue weighted by molar-refractivity contribution is -0.118. The molecule has 2 rings (SSSR count). The zero-order chi connectivity index (χ0) is 22.1. The Kier molecular flexibility index (Phi) is 8.71. The first-order chi connectivity index (χ1) is 14.4. The van der Waals surface area contributed by atoms with Crippen LogP contribution in [0, 0.1) is 5.92 Å². The standard InChI is InChI=1S/C24H33N3O3/c1-6-27(7-2)19-15-13-18(14-16-19)25-24(29)22(17(4)5)26-23(28)20-11-9-10-12-21(20)30-8-3/h9-17,22H,6-8H2,1-5H3,(H,25,29)(H,26,28)/t22-/m0/s1. The van der Waals surface area contributed by atoms with Crippen molar-refractivity contribution in [3.8, 4) is 5.75 Å². The lowest BCUT2D eigenvalue weighted by Gasteiger charge is -2.23. The number of nitrogens with zero attached hydrogens (tertiary/aromatic N) is 1. The highest BCUT2D eigenvalue weighted by Gasteiger charge is 2.26. The van der Waals surface area contributed by atoms with Crippen molar-refractivity contribution in [1.82, 2.24) is 5.32 Å². The molecule has 2 N–H and O–H groups in total. The van der Waals surface area contributed by atoms with E-state index in [1.807, 2.05) is 51.1 Å². The Morgan fingerprint density at radius 3 is 2.17 bits per heavy atom. The van der Waals surface area contributed by atoms with Crippen molar-refractivity contribution in [2.24, 2.45) is 5.92 Å². The van der Waals surface area contributed by atoms with E-state index in [2.05, 4.69) is 29.4 Å². The Bertz CT molecular complexity index is 830. The number of ether oxygens (including phenoxy) is 1. The second-order valence-corrected chi connectivity index (χ2v) is 7.33. The van der Waals surface area contributed by atoms with Crippen LogP contribution in [-0.4, -0.2) is 37.6 Å². The van der Waals surface area contributed by atoms with Gasteiger partial charge in [0.2, 0.25) is 5.91 Å². The monoisotopic (exact) mass is 411 g/mol. The molecule has 0 saturated carbocycles. The van der Waals surface area contributed by atoms with Crippen molar-refractivity contribution < 1.29 is 14.3 Å². The van der Waals surface area contributed by atoms with Crippen molar-refractivity contribution in [3.05, 3.63) is 54.1 Å².